The van der Waals surface area contributed by atoms with Gasteiger partial charge < -0.3 is 32.6 Å². The lowest BCUT2D eigenvalue weighted by atomic mass is 9.78. The first-order valence-corrected chi connectivity index (χ1v) is 12.3. The summed E-state index contributed by atoms with van der Waals surface area (Å²) in [7, 11) is -4.14. The van der Waals surface area contributed by atoms with Crippen LogP contribution in [0.1, 0.15) is 41.5 Å². The normalized spacial score (nSPS) is 17.7. The fourth-order valence-corrected chi connectivity index (χ4v) is 4.75. The van der Waals surface area contributed by atoms with Crippen LogP contribution in [-0.2, 0) is 22.9 Å². The Balaban J connectivity index is 2.00. The standard InChI is InChI=1S/C22H32BO8P/c1-7-27-32(25,28-8-2)20-12-11-19(29-20)17-15-16(9-10-18(17)26-14-13-24)23-30-21(3,4)22(5,6)31-23/h9-12,15,24H,7-8,13-14H2,1-6H3. The van der Waals surface area contributed by atoms with Crippen molar-refractivity contribution in [3.8, 4) is 17.1 Å². The van der Waals surface area contributed by atoms with Crippen LogP contribution in [0.15, 0.2) is 34.7 Å². The Morgan fingerprint density at radius 3 is 2.19 bits per heavy atom. The molecule has 0 amide bonds. The Morgan fingerprint density at radius 1 is 1.00 bits per heavy atom. The van der Waals surface area contributed by atoms with Gasteiger partial charge in [-0.1, -0.05) is 6.07 Å². The average molecular weight is 466 g/mol. The van der Waals surface area contributed by atoms with E-state index in [1.807, 2.05) is 39.8 Å². The number of aliphatic hydroxyl groups excluding tert-OH is 1. The summed E-state index contributed by atoms with van der Waals surface area (Å²) < 4.78 is 47.8. The number of benzene rings is 1. The van der Waals surface area contributed by atoms with E-state index in [2.05, 4.69) is 0 Å². The van der Waals surface area contributed by atoms with Crippen LogP contribution in [0.4, 0.5) is 0 Å². The summed E-state index contributed by atoms with van der Waals surface area (Å²) in [6.45, 7) is 11.9. The maximum atomic E-state index is 13.1. The highest BCUT2D eigenvalue weighted by Gasteiger charge is 2.51. The molecule has 0 bridgehead atoms. The second kappa shape index (κ2) is 9.71. The summed E-state index contributed by atoms with van der Waals surface area (Å²) in [5.41, 5.74) is 0.541. The molecular formula is C22H32BO8P. The maximum absolute atomic E-state index is 13.1. The first-order valence-electron chi connectivity index (χ1n) is 10.8. The lowest BCUT2D eigenvalue weighted by molar-refractivity contribution is 0.00578. The first kappa shape index (κ1) is 25.0. The summed E-state index contributed by atoms with van der Waals surface area (Å²) in [5, 5.41) is 9.20. The molecule has 0 atom stereocenters. The molecule has 10 heteroatoms. The molecule has 0 spiro atoms. The van der Waals surface area contributed by atoms with Crippen LogP contribution in [-0.4, -0.2) is 49.9 Å². The molecule has 0 aliphatic carbocycles. The average Bonchev–Trinajstić information content (AvgIpc) is 3.30. The largest absolute Gasteiger partial charge is 0.494 e. The third-order valence-electron chi connectivity index (χ3n) is 5.60. The number of hydrogen-bond donors (Lipinski definition) is 1. The van der Waals surface area contributed by atoms with Gasteiger partial charge in [0, 0.05) is 0 Å². The number of ether oxygens (including phenoxy) is 1. The zero-order chi connectivity index (χ0) is 23.6. The summed E-state index contributed by atoms with van der Waals surface area (Å²) in [6, 6.07) is 8.75. The molecule has 32 heavy (non-hydrogen) atoms. The third kappa shape index (κ3) is 4.98. The number of rotatable bonds is 10. The van der Waals surface area contributed by atoms with E-state index in [-0.39, 0.29) is 31.9 Å². The van der Waals surface area contributed by atoms with Crippen LogP contribution < -0.4 is 15.7 Å². The summed E-state index contributed by atoms with van der Waals surface area (Å²) in [5.74, 6) is 0.925. The van der Waals surface area contributed by atoms with Gasteiger partial charge in [-0.05, 0) is 71.3 Å². The van der Waals surface area contributed by atoms with Gasteiger partial charge in [0.1, 0.15) is 18.1 Å². The highest BCUT2D eigenvalue weighted by Crippen LogP contribution is 2.48. The molecule has 176 valence electrons. The van der Waals surface area contributed by atoms with Gasteiger partial charge in [-0.25, -0.2) is 0 Å². The molecule has 1 aromatic heterocycles. The molecule has 1 aliphatic heterocycles. The van der Waals surface area contributed by atoms with Crippen LogP contribution in [0.25, 0.3) is 11.3 Å². The van der Waals surface area contributed by atoms with Gasteiger partial charge in [-0.3, -0.25) is 4.57 Å². The third-order valence-corrected chi connectivity index (χ3v) is 7.58. The van der Waals surface area contributed by atoms with Gasteiger partial charge in [0.05, 0.1) is 36.6 Å². The van der Waals surface area contributed by atoms with E-state index in [0.717, 1.165) is 5.46 Å². The van der Waals surface area contributed by atoms with Crippen molar-refractivity contribution in [1.29, 1.82) is 0 Å². The Morgan fingerprint density at radius 2 is 1.62 bits per heavy atom. The van der Waals surface area contributed by atoms with Crippen molar-refractivity contribution >= 4 is 25.7 Å². The molecule has 2 heterocycles. The van der Waals surface area contributed by atoms with Gasteiger partial charge in [0.15, 0.2) is 0 Å². The van der Waals surface area contributed by atoms with E-state index in [1.165, 1.54) is 0 Å². The van der Waals surface area contributed by atoms with Gasteiger partial charge in [-0.2, -0.15) is 0 Å². The Hall–Kier alpha value is -1.61. The minimum absolute atomic E-state index is 0.116. The van der Waals surface area contributed by atoms with Crippen molar-refractivity contribution in [3.63, 3.8) is 0 Å². The minimum Gasteiger partial charge on any atom is -0.490 e. The van der Waals surface area contributed by atoms with Crippen LogP contribution in [0.2, 0.25) is 0 Å². The van der Waals surface area contributed by atoms with Crippen molar-refractivity contribution < 1.29 is 37.2 Å². The highest BCUT2D eigenvalue weighted by atomic mass is 31.2. The van der Waals surface area contributed by atoms with Crippen molar-refractivity contribution in [2.24, 2.45) is 0 Å². The quantitative estimate of drug-likeness (QED) is 0.420. The predicted molar refractivity (Wildman–Crippen MR) is 123 cm³/mol. The second-order valence-corrected chi connectivity index (χ2v) is 10.3. The molecule has 3 rings (SSSR count). The second-order valence-electron chi connectivity index (χ2n) is 8.39. The van der Waals surface area contributed by atoms with Gasteiger partial charge in [-0.15, -0.1) is 0 Å². The number of aliphatic hydroxyl groups is 1. The van der Waals surface area contributed by atoms with Crippen molar-refractivity contribution in [3.05, 3.63) is 30.3 Å². The molecule has 1 aromatic carbocycles. The fourth-order valence-electron chi connectivity index (χ4n) is 3.27. The monoisotopic (exact) mass is 466 g/mol. The van der Waals surface area contributed by atoms with E-state index >= 15 is 0 Å². The van der Waals surface area contributed by atoms with Crippen molar-refractivity contribution in [2.75, 3.05) is 26.4 Å². The summed E-state index contributed by atoms with van der Waals surface area (Å²) in [6.07, 6.45) is 0. The van der Waals surface area contributed by atoms with Crippen LogP contribution in [0.5, 0.6) is 5.75 Å². The minimum atomic E-state index is -3.57. The predicted octanol–water partition coefficient (Wildman–Crippen LogP) is 3.51. The number of furan rings is 1. The molecule has 2 aromatic rings. The highest BCUT2D eigenvalue weighted by molar-refractivity contribution is 7.61. The van der Waals surface area contributed by atoms with E-state index in [9.17, 15) is 9.67 Å². The molecule has 1 aliphatic rings. The van der Waals surface area contributed by atoms with Gasteiger partial charge in [0.2, 0.25) is 5.50 Å². The van der Waals surface area contributed by atoms with Crippen molar-refractivity contribution in [2.45, 2.75) is 52.7 Å². The van der Waals surface area contributed by atoms with E-state index < -0.39 is 25.9 Å². The molecule has 1 fully saturated rings. The molecule has 1 N–H and O–H groups in total. The Kier molecular flexibility index (Phi) is 7.60. The smallest absolute Gasteiger partial charge is 0.490 e. The SMILES string of the molecule is CCOP(=O)(OCC)c1ccc(-c2cc(B3OC(C)(C)C(C)(C)O3)ccc2OCCO)o1. The molecule has 0 radical (unpaired) electrons. The Labute approximate surface area is 189 Å². The summed E-state index contributed by atoms with van der Waals surface area (Å²) in [4.78, 5) is 0. The van der Waals surface area contributed by atoms with Crippen LogP contribution >= 0.6 is 7.60 Å². The lowest BCUT2D eigenvalue weighted by Crippen LogP contribution is -2.41. The number of hydrogen-bond acceptors (Lipinski definition) is 8. The van der Waals surface area contributed by atoms with Gasteiger partial charge >= 0.3 is 14.7 Å². The maximum Gasteiger partial charge on any atom is 0.494 e. The van der Waals surface area contributed by atoms with Crippen molar-refractivity contribution in [1.82, 2.24) is 0 Å². The first-order chi connectivity index (χ1) is 15.1. The van der Waals surface area contributed by atoms with E-state index in [1.54, 1.807) is 32.0 Å². The lowest BCUT2D eigenvalue weighted by Gasteiger charge is -2.32. The molecule has 8 nitrogen and oxygen atoms in total. The van der Waals surface area contributed by atoms with Gasteiger partial charge in [0.25, 0.3) is 0 Å². The molecular weight excluding hydrogens is 434 g/mol. The fraction of sp³-hybridized carbons (Fsp3) is 0.545. The zero-order valence-electron chi connectivity index (χ0n) is 19.5. The van der Waals surface area contributed by atoms with E-state index in [0.29, 0.717) is 17.1 Å². The zero-order valence-corrected chi connectivity index (χ0v) is 20.4. The summed E-state index contributed by atoms with van der Waals surface area (Å²) >= 11 is 0. The topological polar surface area (TPSA) is 96.6 Å². The van der Waals surface area contributed by atoms with Crippen LogP contribution in [0, 0.1) is 0 Å². The molecule has 1 saturated heterocycles. The molecule has 0 unspecified atom stereocenters. The Bertz CT molecular complexity index is 945. The molecule has 0 saturated carbocycles. The van der Waals surface area contributed by atoms with Crippen LogP contribution in [0.3, 0.4) is 0 Å². The van der Waals surface area contributed by atoms with E-state index in [4.69, 9.17) is 27.5 Å².